The van der Waals surface area contributed by atoms with Gasteiger partial charge in [-0.25, -0.2) is 0 Å². The van der Waals surface area contributed by atoms with Crippen LogP contribution < -0.4 is 9.64 Å². The number of nitrogens with zero attached hydrogens (tertiary/aromatic N) is 1. The lowest BCUT2D eigenvalue weighted by Gasteiger charge is -2.26. The van der Waals surface area contributed by atoms with Gasteiger partial charge in [-0.05, 0) is 53.6 Å². The van der Waals surface area contributed by atoms with Gasteiger partial charge in [-0.1, -0.05) is 88.4 Å². The van der Waals surface area contributed by atoms with Crippen LogP contribution in [-0.4, -0.2) is 7.11 Å². The van der Waals surface area contributed by atoms with E-state index < -0.39 is 0 Å². The minimum Gasteiger partial charge on any atom is -0.497 e. The van der Waals surface area contributed by atoms with Gasteiger partial charge in [-0.3, -0.25) is 0 Å². The van der Waals surface area contributed by atoms with E-state index in [1.54, 1.807) is 7.11 Å². The number of hydrogen-bond donors (Lipinski definition) is 0. The van der Waals surface area contributed by atoms with Gasteiger partial charge in [0.2, 0.25) is 0 Å². The van der Waals surface area contributed by atoms with E-state index in [1.807, 2.05) is 24.3 Å². The highest BCUT2D eigenvalue weighted by Crippen LogP contribution is 2.27. The molecule has 0 aliphatic heterocycles. The van der Waals surface area contributed by atoms with Crippen LogP contribution in [0.15, 0.2) is 108 Å². The maximum Gasteiger partial charge on any atom is 0.118 e. The Balaban J connectivity index is 1.71. The van der Waals surface area contributed by atoms with E-state index in [0.29, 0.717) is 0 Å². The molecule has 3 heteroatoms. The molecule has 0 saturated heterocycles. The summed E-state index contributed by atoms with van der Waals surface area (Å²) in [6, 6.07) is 35.3. The Morgan fingerprint density at radius 1 is 0.719 bits per heavy atom. The summed E-state index contributed by atoms with van der Waals surface area (Å²) in [5.41, 5.74) is 5.58. The Labute approximate surface area is 198 Å². The van der Waals surface area contributed by atoms with Crippen LogP contribution in [0.4, 0.5) is 5.69 Å². The van der Waals surface area contributed by atoms with Crippen LogP contribution in [0.5, 0.6) is 5.75 Å². The SMILES string of the molecule is COc1ccc(C#Cc2cc(Br)ccc2N(Cc2ccccc2)Cc2ccccc2)cc1. The highest BCUT2D eigenvalue weighted by Gasteiger charge is 2.13. The quantitative estimate of drug-likeness (QED) is 0.273. The van der Waals surface area contributed by atoms with Crippen molar-refractivity contribution < 1.29 is 4.74 Å². The van der Waals surface area contributed by atoms with Gasteiger partial charge < -0.3 is 9.64 Å². The zero-order valence-electron chi connectivity index (χ0n) is 18.0. The zero-order valence-corrected chi connectivity index (χ0v) is 19.5. The molecule has 4 aromatic carbocycles. The second kappa shape index (κ2) is 10.7. The van der Waals surface area contributed by atoms with E-state index in [1.165, 1.54) is 11.1 Å². The summed E-state index contributed by atoms with van der Waals surface area (Å²) in [6.45, 7) is 1.60. The zero-order chi connectivity index (χ0) is 22.2. The Morgan fingerprint density at radius 3 is 1.88 bits per heavy atom. The fourth-order valence-electron chi connectivity index (χ4n) is 3.53. The predicted molar refractivity (Wildman–Crippen MR) is 136 cm³/mol. The van der Waals surface area contributed by atoms with Gasteiger partial charge in [-0.2, -0.15) is 0 Å². The van der Waals surface area contributed by atoms with Crippen LogP contribution in [0, 0.1) is 11.8 Å². The number of halogens is 1. The molecule has 0 aliphatic rings. The molecule has 158 valence electrons. The molecule has 0 saturated carbocycles. The Hall–Kier alpha value is -3.48. The van der Waals surface area contributed by atoms with Gasteiger partial charge in [0.05, 0.1) is 12.8 Å². The van der Waals surface area contributed by atoms with E-state index in [4.69, 9.17) is 4.74 Å². The first-order valence-electron chi connectivity index (χ1n) is 10.5. The molecular formula is C29H24BrNO. The molecule has 4 rings (SSSR count). The molecule has 0 atom stereocenters. The third kappa shape index (κ3) is 5.81. The largest absolute Gasteiger partial charge is 0.497 e. The number of hydrogen-bond acceptors (Lipinski definition) is 2. The summed E-state index contributed by atoms with van der Waals surface area (Å²) < 4.78 is 6.26. The Bertz CT molecular complexity index is 1170. The van der Waals surface area contributed by atoms with E-state index in [0.717, 1.165) is 40.1 Å². The number of methoxy groups -OCH3 is 1. The average Bonchev–Trinajstić information content (AvgIpc) is 2.84. The molecule has 0 aliphatic carbocycles. The van der Waals surface area contributed by atoms with Crippen LogP contribution in [0.1, 0.15) is 22.3 Å². The van der Waals surface area contributed by atoms with Crippen molar-refractivity contribution >= 4 is 21.6 Å². The minimum atomic E-state index is 0.800. The lowest BCUT2D eigenvalue weighted by atomic mass is 10.1. The van der Waals surface area contributed by atoms with Crippen molar-refractivity contribution in [2.45, 2.75) is 13.1 Å². The number of ether oxygens (including phenoxy) is 1. The highest BCUT2D eigenvalue weighted by atomic mass is 79.9. The van der Waals surface area contributed by atoms with Gasteiger partial charge in [0.1, 0.15) is 5.75 Å². The van der Waals surface area contributed by atoms with Gasteiger partial charge in [-0.15, -0.1) is 0 Å². The van der Waals surface area contributed by atoms with Crippen LogP contribution in [0.3, 0.4) is 0 Å². The van der Waals surface area contributed by atoms with Gasteiger partial charge in [0, 0.05) is 28.7 Å². The second-order valence-corrected chi connectivity index (χ2v) is 8.38. The molecule has 0 amide bonds. The fraction of sp³-hybridized carbons (Fsp3) is 0.103. The smallest absolute Gasteiger partial charge is 0.118 e. The van der Waals surface area contributed by atoms with Crippen LogP contribution >= 0.6 is 15.9 Å². The number of anilines is 1. The van der Waals surface area contributed by atoms with Crippen LogP contribution in [0.2, 0.25) is 0 Å². The highest BCUT2D eigenvalue weighted by molar-refractivity contribution is 9.10. The van der Waals surface area contributed by atoms with Gasteiger partial charge in [0.25, 0.3) is 0 Å². The maximum absolute atomic E-state index is 5.25. The lowest BCUT2D eigenvalue weighted by molar-refractivity contribution is 0.415. The molecule has 0 aromatic heterocycles. The summed E-state index contributed by atoms with van der Waals surface area (Å²) in [4.78, 5) is 2.38. The molecule has 2 nitrogen and oxygen atoms in total. The van der Waals surface area contributed by atoms with Crippen molar-refractivity contribution in [3.8, 4) is 17.6 Å². The molecule has 0 spiro atoms. The third-order valence-electron chi connectivity index (χ3n) is 5.16. The second-order valence-electron chi connectivity index (χ2n) is 7.47. The summed E-state index contributed by atoms with van der Waals surface area (Å²) in [6.07, 6.45) is 0. The standard InChI is InChI=1S/C29H24BrNO/c1-32-28-17-13-23(14-18-28)12-15-26-20-27(30)16-19-29(26)31(21-24-8-4-2-5-9-24)22-25-10-6-3-7-11-25/h2-11,13-14,16-20H,21-22H2,1H3. The van der Waals surface area contributed by atoms with Crippen LogP contribution in [0.25, 0.3) is 0 Å². The van der Waals surface area contributed by atoms with Gasteiger partial charge >= 0.3 is 0 Å². The van der Waals surface area contributed by atoms with E-state index in [2.05, 4.69) is 112 Å². The maximum atomic E-state index is 5.25. The first kappa shape index (κ1) is 21.7. The lowest BCUT2D eigenvalue weighted by Crippen LogP contribution is -2.23. The molecular weight excluding hydrogens is 458 g/mol. The number of benzene rings is 4. The molecule has 0 bridgehead atoms. The minimum absolute atomic E-state index is 0.800. The fourth-order valence-corrected chi connectivity index (χ4v) is 3.89. The normalized spacial score (nSPS) is 10.2. The predicted octanol–water partition coefficient (Wildman–Crippen LogP) is 7.06. The van der Waals surface area contributed by atoms with E-state index in [9.17, 15) is 0 Å². The van der Waals surface area contributed by atoms with E-state index in [-0.39, 0.29) is 0 Å². The molecule has 4 aromatic rings. The van der Waals surface area contributed by atoms with Crippen molar-refractivity contribution in [2.24, 2.45) is 0 Å². The summed E-state index contributed by atoms with van der Waals surface area (Å²) in [5.74, 6) is 7.54. The molecule has 0 fully saturated rings. The summed E-state index contributed by atoms with van der Waals surface area (Å²) in [5, 5.41) is 0. The summed E-state index contributed by atoms with van der Waals surface area (Å²) in [7, 11) is 1.67. The van der Waals surface area contributed by atoms with Crippen LogP contribution in [-0.2, 0) is 13.1 Å². The van der Waals surface area contributed by atoms with E-state index >= 15 is 0 Å². The number of rotatable bonds is 6. The van der Waals surface area contributed by atoms with Crippen molar-refractivity contribution in [3.05, 3.63) is 130 Å². The molecule has 0 N–H and O–H groups in total. The topological polar surface area (TPSA) is 12.5 Å². The first-order valence-corrected chi connectivity index (χ1v) is 11.3. The van der Waals surface area contributed by atoms with Gasteiger partial charge in [0.15, 0.2) is 0 Å². The van der Waals surface area contributed by atoms with Crippen molar-refractivity contribution in [2.75, 3.05) is 12.0 Å². The Morgan fingerprint density at radius 2 is 1.31 bits per heavy atom. The first-order chi connectivity index (χ1) is 15.7. The van der Waals surface area contributed by atoms with Crippen molar-refractivity contribution in [3.63, 3.8) is 0 Å². The van der Waals surface area contributed by atoms with Crippen molar-refractivity contribution in [1.82, 2.24) is 0 Å². The molecule has 0 radical (unpaired) electrons. The monoisotopic (exact) mass is 481 g/mol. The Kier molecular flexibility index (Phi) is 7.27. The molecule has 32 heavy (non-hydrogen) atoms. The summed E-state index contributed by atoms with van der Waals surface area (Å²) >= 11 is 3.62. The average molecular weight is 482 g/mol. The third-order valence-corrected chi connectivity index (χ3v) is 5.66. The molecule has 0 heterocycles. The van der Waals surface area contributed by atoms with Crippen molar-refractivity contribution in [1.29, 1.82) is 0 Å². The molecule has 0 unspecified atom stereocenters.